The number of nitrogens with zero attached hydrogens (tertiary/aromatic N) is 3. The predicted molar refractivity (Wildman–Crippen MR) is 120 cm³/mol. The number of carbonyl (C=O) groups is 2. The number of nitrogens with one attached hydrogen (secondary N) is 2. The van der Waals surface area contributed by atoms with Gasteiger partial charge in [0.15, 0.2) is 5.11 Å². The van der Waals surface area contributed by atoms with Crippen LogP contribution in [0, 0.1) is 19.8 Å². The molecule has 1 amide bonds. The fraction of sp³-hybridized carbons (Fsp3) is 0.429. The van der Waals surface area contributed by atoms with Gasteiger partial charge in [-0.05, 0) is 76.0 Å². The molecule has 8 nitrogen and oxygen atoms in total. The van der Waals surface area contributed by atoms with Gasteiger partial charge in [-0.1, -0.05) is 6.07 Å². The lowest BCUT2D eigenvalue weighted by Gasteiger charge is -2.32. The number of hydrazine groups is 1. The van der Waals surface area contributed by atoms with E-state index >= 15 is 0 Å². The number of aryl methyl sites for hydroxylation is 2. The highest BCUT2D eigenvalue weighted by Crippen LogP contribution is 2.26. The van der Waals surface area contributed by atoms with E-state index in [-0.39, 0.29) is 11.8 Å². The molecule has 0 radical (unpaired) electrons. The van der Waals surface area contributed by atoms with Crippen molar-refractivity contribution in [3.8, 4) is 0 Å². The van der Waals surface area contributed by atoms with Gasteiger partial charge in [-0.25, -0.2) is 0 Å². The molecule has 3 rings (SSSR count). The van der Waals surface area contributed by atoms with Gasteiger partial charge < -0.3 is 15.4 Å². The Hall–Kier alpha value is -2.94. The lowest BCUT2D eigenvalue weighted by atomic mass is 9.97. The summed E-state index contributed by atoms with van der Waals surface area (Å²) in [5.74, 6) is -1.27. The number of allylic oxidation sites excluding steroid dienone is 1. The lowest BCUT2D eigenvalue weighted by molar-refractivity contribution is -0.143. The minimum atomic E-state index is -0.755. The number of piperidine rings is 1. The maximum absolute atomic E-state index is 13.0. The summed E-state index contributed by atoms with van der Waals surface area (Å²) in [6, 6.07) is 5.81. The van der Waals surface area contributed by atoms with E-state index < -0.39 is 5.97 Å². The minimum Gasteiger partial charge on any atom is -0.481 e. The number of carboxylic acid groups (broad SMARTS) is 1. The second kappa shape index (κ2) is 8.83. The van der Waals surface area contributed by atoms with Crippen molar-refractivity contribution in [1.29, 1.82) is 0 Å². The van der Waals surface area contributed by atoms with E-state index in [9.17, 15) is 9.59 Å². The van der Waals surface area contributed by atoms with Gasteiger partial charge in [0.05, 0.1) is 22.9 Å². The number of thiocarbonyl (C=S) groups is 1. The summed E-state index contributed by atoms with van der Waals surface area (Å²) >= 11 is 5.41. The van der Waals surface area contributed by atoms with E-state index in [1.807, 2.05) is 36.9 Å². The van der Waals surface area contributed by atoms with Crippen molar-refractivity contribution in [1.82, 2.24) is 15.8 Å². The van der Waals surface area contributed by atoms with Crippen molar-refractivity contribution < 1.29 is 14.7 Å². The molecular formula is C21H27N5O3S. The predicted octanol–water partition coefficient (Wildman–Crippen LogP) is 2.48. The van der Waals surface area contributed by atoms with Crippen LogP contribution in [0.4, 0.5) is 5.69 Å². The summed E-state index contributed by atoms with van der Waals surface area (Å²) in [6.07, 6.45) is 1.12. The molecule has 9 heteroatoms. The minimum absolute atomic E-state index is 0.198. The second-order valence-electron chi connectivity index (χ2n) is 7.73. The molecule has 1 fully saturated rings. The van der Waals surface area contributed by atoms with E-state index in [0.717, 1.165) is 16.8 Å². The molecule has 2 aliphatic rings. The highest BCUT2D eigenvalue weighted by atomic mass is 32.1. The van der Waals surface area contributed by atoms with Crippen molar-refractivity contribution in [2.75, 3.05) is 18.1 Å². The monoisotopic (exact) mass is 429 g/mol. The third-order valence-electron chi connectivity index (χ3n) is 5.62. The summed E-state index contributed by atoms with van der Waals surface area (Å²) in [6.45, 7) is 8.79. The summed E-state index contributed by atoms with van der Waals surface area (Å²) in [5.41, 5.74) is 10.7. The fourth-order valence-electron chi connectivity index (χ4n) is 3.59. The zero-order valence-electron chi connectivity index (χ0n) is 17.7. The molecule has 2 heterocycles. The van der Waals surface area contributed by atoms with Gasteiger partial charge >= 0.3 is 5.97 Å². The van der Waals surface area contributed by atoms with Crippen LogP contribution in [0.15, 0.2) is 34.6 Å². The third-order valence-corrected chi connectivity index (χ3v) is 5.98. The Morgan fingerprint density at radius 3 is 2.43 bits per heavy atom. The molecule has 160 valence electrons. The summed E-state index contributed by atoms with van der Waals surface area (Å²) in [5, 5.41) is 15.4. The molecule has 1 aromatic carbocycles. The van der Waals surface area contributed by atoms with E-state index in [4.69, 9.17) is 17.3 Å². The fourth-order valence-corrected chi connectivity index (χ4v) is 3.82. The number of carboxylic acids is 1. The van der Waals surface area contributed by atoms with Crippen molar-refractivity contribution in [3.63, 3.8) is 0 Å². The van der Waals surface area contributed by atoms with Crippen molar-refractivity contribution in [2.24, 2.45) is 11.0 Å². The Bertz CT molecular complexity index is 948. The summed E-state index contributed by atoms with van der Waals surface area (Å²) in [7, 11) is 0. The molecule has 0 aliphatic carbocycles. The van der Waals surface area contributed by atoms with Crippen LogP contribution in [0.25, 0.3) is 0 Å². The van der Waals surface area contributed by atoms with Crippen LogP contribution >= 0.6 is 12.2 Å². The lowest BCUT2D eigenvalue weighted by Crippen LogP contribution is -2.49. The van der Waals surface area contributed by atoms with Gasteiger partial charge in [0.2, 0.25) is 0 Å². The molecule has 0 spiro atoms. The van der Waals surface area contributed by atoms with E-state index in [2.05, 4.69) is 16.0 Å². The Morgan fingerprint density at radius 1 is 1.17 bits per heavy atom. The van der Waals surface area contributed by atoms with Crippen LogP contribution in [0.3, 0.4) is 0 Å². The topological polar surface area (TPSA) is 97.3 Å². The first kappa shape index (κ1) is 21.8. The van der Waals surface area contributed by atoms with Crippen LogP contribution in [0.1, 0.15) is 37.8 Å². The quantitative estimate of drug-likeness (QED) is 0.384. The largest absolute Gasteiger partial charge is 0.481 e. The number of anilines is 1. The van der Waals surface area contributed by atoms with Crippen LogP contribution in [-0.2, 0) is 9.59 Å². The number of carbonyl (C=O) groups excluding carboxylic acids is 1. The zero-order chi connectivity index (χ0) is 22.0. The van der Waals surface area contributed by atoms with E-state index in [1.54, 1.807) is 13.8 Å². The normalized spacial score (nSPS) is 18.9. The number of benzene rings is 1. The molecule has 2 aliphatic heterocycles. The summed E-state index contributed by atoms with van der Waals surface area (Å²) < 4.78 is 0. The van der Waals surface area contributed by atoms with Crippen LogP contribution in [0.5, 0.6) is 0 Å². The second-order valence-corrected chi connectivity index (χ2v) is 8.11. The molecule has 30 heavy (non-hydrogen) atoms. The van der Waals surface area contributed by atoms with E-state index in [1.165, 1.54) is 5.01 Å². The Balaban J connectivity index is 1.64. The molecule has 3 N–H and O–H groups in total. The highest BCUT2D eigenvalue weighted by Gasteiger charge is 2.31. The van der Waals surface area contributed by atoms with Crippen molar-refractivity contribution >= 4 is 40.6 Å². The standard InChI is InChI=1S/C21H27N5O3S/c1-12-5-6-17(11-13(12)2)26-19(27)18(15(4)24-26)14(3)22-23-21(30)25-9-7-16(8-10-25)20(28)29/h5-6,11,16,22H,7-10H2,1-4H3,(H,23,30)(H,28,29)/b18-14-. The van der Waals surface area contributed by atoms with Gasteiger partial charge in [0, 0.05) is 18.8 Å². The van der Waals surface area contributed by atoms with Crippen molar-refractivity contribution in [2.45, 2.75) is 40.5 Å². The zero-order valence-corrected chi connectivity index (χ0v) is 18.5. The van der Waals surface area contributed by atoms with Gasteiger partial charge in [-0.15, -0.1) is 0 Å². The Labute approximate surface area is 181 Å². The van der Waals surface area contributed by atoms with E-state index in [0.29, 0.717) is 48.0 Å². The summed E-state index contributed by atoms with van der Waals surface area (Å²) in [4.78, 5) is 26.0. The number of likely N-dealkylation sites (tertiary alicyclic amines) is 1. The smallest absolute Gasteiger partial charge is 0.306 e. The SMILES string of the molecule is CC1=NN(c2ccc(C)c(C)c2)C(=O)/C1=C(/C)NNC(=S)N1CCC(C(=O)O)CC1. The average Bonchev–Trinajstić information content (AvgIpc) is 3.02. The molecule has 0 aromatic heterocycles. The van der Waals surface area contributed by atoms with Gasteiger partial charge in [-0.2, -0.15) is 10.1 Å². The molecule has 1 aromatic rings. The maximum atomic E-state index is 13.0. The first-order valence-corrected chi connectivity index (χ1v) is 10.3. The van der Waals surface area contributed by atoms with Gasteiger partial charge in [0.25, 0.3) is 5.91 Å². The van der Waals surface area contributed by atoms with Crippen molar-refractivity contribution in [3.05, 3.63) is 40.6 Å². The Kier molecular flexibility index (Phi) is 6.40. The van der Waals surface area contributed by atoms with Crippen LogP contribution in [-0.4, -0.2) is 45.8 Å². The van der Waals surface area contributed by atoms with Crippen LogP contribution in [0.2, 0.25) is 0 Å². The average molecular weight is 430 g/mol. The third kappa shape index (κ3) is 4.46. The van der Waals surface area contributed by atoms with Crippen LogP contribution < -0.4 is 15.9 Å². The first-order chi connectivity index (χ1) is 14.2. The molecule has 1 saturated heterocycles. The van der Waals surface area contributed by atoms with Gasteiger partial charge in [0.1, 0.15) is 0 Å². The highest BCUT2D eigenvalue weighted by molar-refractivity contribution is 7.80. The molecule has 0 bridgehead atoms. The van der Waals surface area contributed by atoms with Gasteiger partial charge in [-0.3, -0.25) is 15.0 Å². The number of rotatable bonds is 4. The maximum Gasteiger partial charge on any atom is 0.306 e. The molecule has 0 unspecified atom stereocenters. The number of hydrazone groups is 1. The number of aliphatic carboxylic acids is 1. The molecular weight excluding hydrogens is 402 g/mol. The first-order valence-electron chi connectivity index (χ1n) is 9.91. The molecule has 0 atom stereocenters. The number of amides is 1. The number of hydrogen-bond donors (Lipinski definition) is 3. The molecule has 0 saturated carbocycles. The number of hydrogen-bond acceptors (Lipinski definition) is 5. The Morgan fingerprint density at radius 2 is 1.83 bits per heavy atom.